The topological polar surface area (TPSA) is 52.0 Å². The van der Waals surface area contributed by atoms with Crippen molar-refractivity contribution < 1.29 is 0 Å². The molecule has 0 radical (unpaired) electrons. The second-order valence-corrected chi connectivity index (χ2v) is 12.0. The molecule has 0 bridgehead atoms. The average molecular weight is 389 g/mol. The highest BCUT2D eigenvalue weighted by atomic mass is 15.0. The van der Waals surface area contributed by atoms with Crippen LogP contribution >= 0.6 is 0 Å². The average Bonchev–Trinajstić information content (AvgIpc) is 3.01. The Bertz CT molecular complexity index is 575. The van der Waals surface area contributed by atoms with Crippen LogP contribution in [-0.2, 0) is 0 Å². The molecule has 0 amide bonds. The lowest BCUT2D eigenvalue weighted by molar-refractivity contribution is -0.165. The summed E-state index contributed by atoms with van der Waals surface area (Å²) in [5, 5.41) is 0. The fraction of sp³-hybridized carbons (Fsp3) is 1.00. The summed E-state index contributed by atoms with van der Waals surface area (Å²) in [5.74, 6) is 3.11. The summed E-state index contributed by atoms with van der Waals surface area (Å²) in [6.45, 7) is 9.92. The Morgan fingerprint density at radius 1 is 0.893 bits per heavy atom. The van der Waals surface area contributed by atoms with Gasteiger partial charge in [-0.05, 0) is 85.9 Å². The molecule has 0 aromatic carbocycles. The van der Waals surface area contributed by atoms with Crippen molar-refractivity contribution in [3.63, 3.8) is 0 Å². The molecule has 0 aromatic rings. The van der Waals surface area contributed by atoms with Gasteiger partial charge in [-0.15, -0.1) is 0 Å². The van der Waals surface area contributed by atoms with E-state index in [0.29, 0.717) is 11.3 Å². The first-order chi connectivity index (χ1) is 13.3. The molecule has 0 saturated heterocycles. The van der Waals surface area contributed by atoms with Gasteiger partial charge in [0.05, 0.1) is 0 Å². The number of rotatable bonds is 5. The van der Waals surface area contributed by atoms with Crippen molar-refractivity contribution >= 4 is 0 Å². The van der Waals surface area contributed by atoms with Crippen LogP contribution in [0.1, 0.15) is 118 Å². The molecule has 28 heavy (non-hydrogen) atoms. The van der Waals surface area contributed by atoms with E-state index in [1.807, 2.05) is 0 Å². The lowest BCUT2D eigenvalue weighted by Gasteiger charge is -2.72. The van der Waals surface area contributed by atoms with Crippen molar-refractivity contribution in [1.82, 2.24) is 0 Å². The van der Waals surface area contributed by atoms with Crippen LogP contribution in [0.25, 0.3) is 0 Å². The van der Waals surface area contributed by atoms with E-state index in [0.717, 1.165) is 17.8 Å². The third-order valence-electron chi connectivity index (χ3n) is 11.2. The molecule has 0 aromatic heterocycles. The molecule has 0 heterocycles. The van der Waals surface area contributed by atoms with Gasteiger partial charge in [-0.2, -0.15) is 0 Å². The highest BCUT2D eigenvalue weighted by Gasteiger charge is 2.72. The zero-order chi connectivity index (χ0) is 20.2. The van der Waals surface area contributed by atoms with Crippen LogP contribution in [0.5, 0.6) is 0 Å². The fourth-order valence-electron chi connectivity index (χ4n) is 9.48. The lowest BCUT2D eigenvalue weighted by atomic mass is 9.37. The predicted octanol–water partition coefficient (Wildman–Crippen LogP) is 6.41. The second-order valence-electron chi connectivity index (χ2n) is 12.0. The predicted molar refractivity (Wildman–Crippen MR) is 120 cm³/mol. The SMILES string of the molecule is CCCCCC1CCC2C1(C)CC[C@]1(N)C3(C)CCCCC3[C@@H](CC)CC21N. The number of unbranched alkanes of at least 4 members (excludes halogenated alkanes) is 2. The Labute approximate surface area is 175 Å². The van der Waals surface area contributed by atoms with Crippen LogP contribution in [0.3, 0.4) is 0 Å². The highest BCUT2D eigenvalue weighted by molar-refractivity contribution is 5.28. The third-order valence-corrected chi connectivity index (χ3v) is 11.2. The van der Waals surface area contributed by atoms with E-state index in [2.05, 4.69) is 27.7 Å². The molecule has 0 spiro atoms. The molecule has 0 aliphatic heterocycles. The molecule has 4 N–H and O–H groups in total. The Morgan fingerprint density at radius 3 is 2.39 bits per heavy atom. The molecule has 4 fully saturated rings. The van der Waals surface area contributed by atoms with Crippen LogP contribution in [-0.4, -0.2) is 11.1 Å². The van der Waals surface area contributed by atoms with Crippen molar-refractivity contribution in [3.8, 4) is 0 Å². The van der Waals surface area contributed by atoms with Crippen LogP contribution < -0.4 is 11.5 Å². The molecule has 2 heteroatoms. The molecule has 4 saturated carbocycles. The summed E-state index contributed by atoms with van der Waals surface area (Å²) in [7, 11) is 0. The first-order valence-electron chi connectivity index (χ1n) is 12.8. The number of fused-ring (bicyclic) bond motifs is 5. The summed E-state index contributed by atoms with van der Waals surface area (Å²) in [5.41, 5.74) is 15.6. The number of hydrogen-bond acceptors (Lipinski definition) is 2. The maximum atomic E-state index is 7.62. The maximum absolute atomic E-state index is 7.62. The normalized spacial score (nSPS) is 53.4. The highest BCUT2D eigenvalue weighted by Crippen LogP contribution is 2.70. The number of hydrogen-bond donors (Lipinski definition) is 2. The first kappa shape index (κ1) is 21.2. The Balaban J connectivity index is 1.68. The van der Waals surface area contributed by atoms with Gasteiger partial charge in [0.2, 0.25) is 0 Å². The minimum Gasteiger partial charge on any atom is -0.323 e. The van der Waals surface area contributed by atoms with Gasteiger partial charge in [0.15, 0.2) is 0 Å². The fourth-order valence-corrected chi connectivity index (χ4v) is 9.48. The molecule has 2 nitrogen and oxygen atoms in total. The van der Waals surface area contributed by atoms with Crippen LogP contribution in [0.4, 0.5) is 0 Å². The smallest absolute Gasteiger partial charge is 0.0397 e. The molecule has 4 aliphatic carbocycles. The van der Waals surface area contributed by atoms with Gasteiger partial charge < -0.3 is 11.5 Å². The van der Waals surface area contributed by atoms with E-state index in [-0.39, 0.29) is 16.5 Å². The van der Waals surface area contributed by atoms with Gasteiger partial charge in [0.25, 0.3) is 0 Å². The number of nitrogens with two attached hydrogens (primary N) is 2. The van der Waals surface area contributed by atoms with Crippen molar-refractivity contribution in [2.24, 2.45) is 46.0 Å². The summed E-state index contributed by atoms with van der Waals surface area (Å²) < 4.78 is 0. The maximum Gasteiger partial charge on any atom is 0.0397 e. The van der Waals surface area contributed by atoms with E-state index in [9.17, 15) is 0 Å². The summed E-state index contributed by atoms with van der Waals surface area (Å²) >= 11 is 0. The Morgan fingerprint density at radius 2 is 1.68 bits per heavy atom. The molecule has 6 unspecified atom stereocenters. The molecule has 8 atom stereocenters. The van der Waals surface area contributed by atoms with Gasteiger partial charge in [-0.25, -0.2) is 0 Å². The molecule has 162 valence electrons. The summed E-state index contributed by atoms with van der Waals surface area (Å²) in [6, 6.07) is 0. The molecule has 4 aliphatic rings. The van der Waals surface area contributed by atoms with E-state index in [4.69, 9.17) is 11.5 Å². The van der Waals surface area contributed by atoms with E-state index < -0.39 is 0 Å². The standard InChI is InChI=1S/C26H48N2/c1-5-7-8-11-20-13-14-22-23(20,3)16-17-26(28)24(4)15-10-9-12-21(24)19(6-2)18-25(22,26)27/h19-22H,5-18,27-28H2,1-4H3/t19-,20?,21?,22?,23?,24?,25?,26-/m0/s1. The monoisotopic (exact) mass is 388 g/mol. The first-order valence-corrected chi connectivity index (χ1v) is 12.8. The molecular weight excluding hydrogens is 340 g/mol. The van der Waals surface area contributed by atoms with Crippen molar-refractivity contribution in [1.29, 1.82) is 0 Å². The van der Waals surface area contributed by atoms with E-state index >= 15 is 0 Å². The van der Waals surface area contributed by atoms with E-state index in [1.165, 1.54) is 89.9 Å². The zero-order valence-electron chi connectivity index (χ0n) is 19.4. The van der Waals surface area contributed by atoms with Crippen LogP contribution in [0, 0.1) is 34.5 Å². The summed E-state index contributed by atoms with van der Waals surface area (Å²) in [4.78, 5) is 0. The van der Waals surface area contributed by atoms with Gasteiger partial charge >= 0.3 is 0 Å². The van der Waals surface area contributed by atoms with Crippen molar-refractivity contribution in [2.45, 2.75) is 129 Å². The third kappa shape index (κ3) is 2.65. The molecule has 4 rings (SSSR count). The summed E-state index contributed by atoms with van der Waals surface area (Å²) in [6.07, 6.45) is 18.7. The minimum atomic E-state index is -0.154. The zero-order valence-corrected chi connectivity index (χ0v) is 19.4. The van der Waals surface area contributed by atoms with Gasteiger partial charge in [0, 0.05) is 11.1 Å². The quantitative estimate of drug-likeness (QED) is 0.534. The Kier molecular flexibility index (Phi) is 5.49. The van der Waals surface area contributed by atoms with Crippen molar-refractivity contribution in [3.05, 3.63) is 0 Å². The van der Waals surface area contributed by atoms with Gasteiger partial charge in [-0.1, -0.05) is 66.2 Å². The van der Waals surface area contributed by atoms with Crippen LogP contribution in [0.2, 0.25) is 0 Å². The van der Waals surface area contributed by atoms with E-state index in [1.54, 1.807) is 0 Å². The molecular formula is C26H48N2. The minimum absolute atomic E-state index is 0.150. The van der Waals surface area contributed by atoms with Gasteiger partial charge in [-0.3, -0.25) is 0 Å². The Hall–Kier alpha value is -0.0800. The largest absolute Gasteiger partial charge is 0.323 e. The van der Waals surface area contributed by atoms with Gasteiger partial charge in [0.1, 0.15) is 0 Å². The second kappa shape index (κ2) is 7.26. The van der Waals surface area contributed by atoms with Crippen LogP contribution in [0.15, 0.2) is 0 Å². The lowest BCUT2D eigenvalue weighted by Crippen LogP contribution is -2.83. The van der Waals surface area contributed by atoms with Crippen molar-refractivity contribution in [2.75, 3.05) is 0 Å².